The fourth-order valence-electron chi connectivity index (χ4n) is 3.67. The molecule has 2 heterocycles. The summed E-state index contributed by atoms with van der Waals surface area (Å²) in [6, 6.07) is 3.66. The zero-order chi connectivity index (χ0) is 19.9. The number of carbonyl (C=O) groups excluding carboxylic acids is 1. The molecule has 0 spiro atoms. The number of amides is 1. The molecule has 146 valence electrons. The summed E-state index contributed by atoms with van der Waals surface area (Å²) in [5, 5.41) is 1.88. The molecule has 0 radical (unpaired) electrons. The second-order valence-electron chi connectivity index (χ2n) is 7.13. The van der Waals surface area contributed by atoms with Gasteiger partial charge in [-0.25, -0.2) is 8.42 Å². The van der Waals surface area contributed by atoms with Gasteiger partial charge in [-0.3, -0.25) is 4.79 Å². The number of rotatable bonds is 3. The Kier molecular flexibility index (Phi) is 5.47. The lowest BCUT2D eigenvalue weighted by atomic mass is 9.95. The number of benzene rings is 1. The Morgan fingerprint density at radius 1 is 0.889 bits per heavy atom. The van der Waals surface area contributed by atoms with Crippen LogP contribution in [0.2, 0.25) is 0 Å². The van der Waals surface area contributed by atoms with Crippen molar-refractivity contribution in [3.05, 3.63) is 50.2 Å². The first-order valence-corrected chi connectivity index (χ1v) is 11.4. The molecule has 0 atom stereocenters. The molecule has 1 fully saturated rings. The second-order valence-corrected chi connectivity index (χ2v) is 9.95. The van der Waals surface area contributed by atoms with Crippen molar-refractivity contribution in [3.63, 3.8) is 0 Å². The number of piperazine rings is 1. The number of hydrogen-bond donors (Lipinski definition) is 0. The smallest absolute Gasteiger partial charge is 0.264 e. The Bertz CT molecular complexity index is 942. The van der Waals surface area contributed by atoms with E-state index in [9.17, 15) is 13.2 Å². The second kappa shape index (κ2) is 7.37. The first-order valence-electron chi connectivity index (χ1n) is 9.06. The van der Waals surface area contributed by atoms with Gasteiger partial charge in [0, 0.05) is 26.2 Å². The molecule has 1 amide bonds. The van der Waals surface area contributed by atoms with E-state index in [1.165, 1.54) is 15.6 Å². The van der Waals surface area contributed by atoms with Gasteiger partial charge in [0.2, 0.25) is 10.0 Å². The van der Waals surface area contributed by atoms with Crippen LogP contribution in [-0.2, 0) is 10.0 Å². The van der Waals surface area contributed by atoms with Crippen LogP contribution in [0.4, 0.5) is 0 Å². The molecule has 7 heteroatoms. The van der Waals surface area contributed by atoms with Gasteiger partial charge in [-0.05, 0) is 73.9 Å². The van der Waals surface area contributed by atoms with E-state index in [0.29, 0.717) is 36.0 Å². The average molecular weight is 407 g/mol. The van der Waals surface area contributed by atoms with Crippen LogP contribution in [0.15, 0.2) is 22.4 Å². The molecule has 1 aromatic heterocycles. The summed E-state index contributed by atoms with van der Waals surface area (Å²) in [5.74, 6) is -0.0172. The van der Waals surface area contributed by atoms with Crippen LogP contribution in [0.5, 0.6) is 0 Å². The zero-order valence-corrected chi connectivity index (χ0v) is 18.1. The van der Waals surface area contributed by atoms with Crippen LogP contribution < -0.4 is 0 Å². The van der Waals surface area contributed by atoms with Gasteiger partial charge in [0.05, 0.1) is 9.77 Å². The number of sulfonamides is 1. The van der Waals surface area contributed by atoms with E-state index in [4.69, 9.17) is 0 Å². The molecular weight excluding hydrogens is 380 g/mol. The molecule has 1 saturated heterocycles. The summed E-state index contributed by atoms with van der Waals surface area (Å²) in [7, 11) is -3.59. The molecular formula is C20H26N2O3S2. The lowest BCUT2D eigenvalue weighted by Gasteiger charge is -2.34. The predicted octanol–water partition coefficient (Wildman–Crippen LogP) is 3.44. The molecule has 1 aromatic carbocycles. The van der Waals surface area contributed by atoms with E-state index >= 15 is 0 Å². The normalized spacial score (nSPS) is 16.0. The maximum atomic E-state index is 13.4. The Morgan fingerprint density at radius 3 is 1.89 bits per heavy atom. The van der Waals surface area contributed by atoms with Crippen molar-refractivity contribution < 1.29 is 13.2 Å². The molecule has 0 bridgehead atoms. The Labute approximate surface area is 165 Å². The first-order chi connectivity index (χ1) is 12.7. The van der Waals surface area contributed by atoms with Crippen LogP contribution in [0.3, 0.4) is 0 Å². The van der Waals surface area contributed by atoms with Crippen LogP contribution >= 0.6 is 11.3 Å². The Hall–Kier alpha value is -1.70. The summed E-state index contributed by atoms with van der Waals surface area (Å²) in [6.45, 7) is 11.2. The van der Waals surface area contributed by atoms with Crippen LogP contribution in [0, 0.1) is 34.6 Å². The van der Waals surface area contributed by atoms with Gasteiger partial charge in [-0.2, -0.15) is 4.31 Å². The highest BCUT2D eigenvalue weighted by molar-refractivity contribution is 7.89. The standard InChI is InChI=1S/C20H26N2O3S2/c1-13-14(2)16(4)19(17(5)15(13)3)27(24,25)22-10-8-21(9-11-22)20(23)18-7-6-12-26-18/h6-7,12H,8-11H2,1-5H3. The van der Waals surface area contributed by atoms with Crippen LogP contribution in [0.1, 0.15) is 37.5 Å². The van der Waals surface area contributed by atoms with Gasteiger partial charge in [0.1, 0.15) is 0 Å². The van der Waals surface area contributed by atoms with E-state index in [-0.39, 0.29) is 5.91 Å². The molecule has 5 nitrogen and oxygen atoms in total. The number of nitrogens with zero attached hydrogens (tertiary/aromatic N) is 2. The molecule has 27 heavy (non-hydrogen) atoms. The minimum absolute atomic E-state index is 0.0172. The van der Waals surface area contributed by atoms with E-state index in [0.717, 1.165) is 27.8 Å². The molecule has 2 aromatic rings. The molecule has 1 aliphatic heterocycles. The minimum Gasteiger partial charge on any atom is -0.335 e. The molecule has 0 saturated carbocycles. The van der Waals surface area contributed by atoms with Gasteiger partial charge in [-0.1, -0.05) is 6.07 Å². The highest BCUT2D eigenvalue weighted by Crippen LogP contribution is 2.32. The minimum atomic E-state index is -3.59. The van der Waals surface area contributed by atoms with Crippen molar-refractivity contribution in [2.45, 2.75) is 39.5 Å². The van der Waals surface area contributed by atoms with Gasteiger partial charge >= 0.3 is 0 Å². The molecule has 1 aliphatic rings. The van der Waals surface area contributed by atoms with Gasteiger partial charge in [0.25, 0.3) is 5.91 Å². The monoisotopic (exact) mass is 406 g/mol. The van der Waals surface area contributed by atoms with Crippen molar-refractivity contribution in [1.29, 1.82) is 0 Å². The lowest BCUT2D eigenvalue weighted by molar-refractivity contribution is 0.0702. The van der Waals surface area contributed by atoms with Crippen molar-refractivity contribution in [2.24, 2.45) is 0 Å². The maximum Gasteiger partial charge on any atom is 0.264 e. The summed E-state index contributed by atoms with van der Waals surface area (Å²) < 4.78 is 28.3. The SMILES string of the molecule is Cc1c(C)c(C)c(S(=O)(=O)N2CCN(C(=O)c3cccs3)CC2)c(C)c1C. The molecule has 0 unspecified atom stereocenters. The number of hydrogen-bond acceptors (Lipinski definition) is 4. The molecule has 0 aliphatic carbocycles. The van der Waals surface area contributed by atoms with Gasteiger partial charge in [-0.15, -0.1) is 11.3 Å². The van der Waals surface area contributed by atoms with E-state index < -0.39 is 10.0 Å². The Balaban J connectivity index is 1.85. The van der Waals surface area contributed by atoms with Crippen molar-refractivity contribution in [1.82, 2.24) is 9.21 Å². The third-order valence-corrected chi connectivity index (χ3v) is 8.82. The third kappa shape index (κ3) is 3.44. The third-order valence-electron chi connectivity index (χ3n) is 5.79. The van der Waals surface area contributed by atoms with E-state index in [2.05, 4.69) is 0 Å². The van der Waals surface area contributed by atoms with Crippen molar-refractivity contribution in [2.75, 3.05) is 26.2 Å². The lowest BCUT2D eigenvalue weighted by Crippen LogP contribution is -2.50. The summed E-state index contributed by atoms with van der Waals surface area (Å²) in [5.41, 5.74) is 4.86. The van der Waals surface area contributed by atoms with E-state index in [1.54, 1.807) is 11.0 Å². The number of carbonyl (C=O) groups is 1. The maximum absolute atomic E-state index is 13.4. The number of thiophene rings is 1. The highest BCUT2D eigenvalue weighted by Gasteiger charge is 2.33. The largest absolute Gasteiger partial charge is 0.335 e. The van der Waals surface area contributed by atoms with Crippen molar-refractivity contribution >= 4 is 27.3 Å². The molecule has 0 N–H and O–H groups in total. The summed E-state index contributed by atoms with van der Waals surface area (Å²) in [4.78, 5) is 15.4. The first kappa shape index (κ1) is 20.0. The average Bonchev–Trinajstić information content (AvgIpc) is 3.19. The zero-order valence-electron chi connectivity index (χ0n) is 16.5. The quantitative estimate of drug-likeness (QED) is 0.785. The van der Waals surface area contributed by atoms with Gasteiger partial charge < -0.3 is 4.90 Å². The van der Waals surface area contributed by atoms with Crippen LogP contribution in [0.25, 0.3) is 0 Å². The fraction of sp³-hybridized carbons (Fsp3) is 0.450. The van der Waals surface area contributed by atoms with Crippen molar-refractivity contribution in [3.8, 4) is 0 Å². The summed E-state index contributed by atoms with van der Waals surface area (Å²) >= 11 is 1.41. The predicted molar refractivity (Wildman–Crippen MR) is 109 cm³/mol. The topological polar surface area (TPSA) is 57.7 Å². The summed E-state index contributed by atoms with van der Waals surface area (Å²) in [6.07, 6.45) is 0. The Morgan fingerprint density at radius 2 is 1.41 bits per heavy atom. The highest BCUT2D eigenvalue weighted by atomic mass is 32.2. The van der Waals surface area contributed by atoms with Crippen LogP contribution in [-0.4, -0.2) is 49.7 Å². The van der Waals surface area contributed by atoms with Gasteiger partial charge in [0.15, 0.2) is 0 Å². The van der Waals surface area contributed by atoms with E-state index in [1.807, 2.05) is 46.1 Å². The molecule has 3 rings (SSSR count). The fourth-order valence-corrected chi connectivity index (χ4v) is 6.34.